The first kappa shape index (κ1) is 19.7. The molecule has 0 aromatic heterocycles. The van der Waals surface area contributed by atoms with Crippen molar-refractivity contribution in [2.45, 2.75) is 70.2 Å². The van der Waals surface area contributed by atoms with Crippen molar-refractivity contribution in [3.8, 4) is 0 Å². The van der Waals surface area contributed by atoms with Crippen molar-refractivity contribution in [1.29, 1.82) is 0 Å². The second-order valence-electron chi connectivity index (χ2n) is 9.58. The molecule has 3 fully saturated rings. The number of carbonyl (C=O) groups excluding carboxylic acids is 3. The number of rotatable bonds is 4. The Balaban J connectivity index is 1.39. The van der Waals surface area contributed by atoms with Crippen LogP contribution in [-0.4, -0.2) is 58.2 Å². The van der Waals surface area contributed by atoms with E-state index in [0.717, 1.165) is 36.3 Å². The Kier molecular flexibility index (Phi) is 4.71. The van der Waals surface area contributed by atoms with Crippen LogP contribution in [0.25, 0.3) is 0 Å². The highest BCUT2D eigenvalue weighted by atomic mass is 16.2. The molecule has 4 aliphatic rings. The highest BCUT2D eigenvalue weighted by Crippen LogP contribution is 2.42. The average molecular weight is 411 g/mol. The van der Waals surface area contributed by atoms with Gasteiger partial charge in [0.1, 0.15) is 6.04 Å². The average Bonchev–Trinajstić information content (AvgIpc) is 3.24. The number of imide groups is 1. The molecule has 30 heavy (non-hydrogen) atoms. The van der Waals surface area contributed by atoms with E-state index in [2.05, 4.69) is 35.4 Å². The molecule has 7 heteroatoms. The van der Waals surface area contributed by atoms with Gasteiger partial charge in [-0.15, -0.1) is 0 Å². The van der Waals surface area contributed by atoms with Crippen molar-refractivity contribution in [3.05, 3.63) is 34.9 Å². The lowest BCUT2D eigenvalue weighted by Crippen LogP contribution is -2.74. The summed E-state index contributed by atoms with van der Waals surface area (Å²) in [4.78, 5) is 41.4. The standard InChI is InChI=1S/C23H30N4O3/c1-14(2)20-23(13-24-20)9-4-10-26(23)11-15-5-3-6-16-12-27(22(30)19(15)16)17-7-8-18(28)25-21(17)29/h3,5-6,14,17,20,24H,4,7-13H2,1-2H3,(H,25,28,29). The molecule has 2 N–H and O–H groups in total. The minimum Gasteiger partial charge on any atom is -0.322 e. The van der Waals surface area contributed by atoms with Gasteiger partial charge < -0.3 is 10.2 Å². The van der Waals surface area contributed by atoms with Crippen LogP contribution in [0.2, 0.25) is 0 Å². The number of nitrogens with zero attached hydrogens (tertiary/aromatic N) is 2. The number of amides is 3. The third kappa shape index (κ3) is 2.90. The van der Waals surface area contributed by atoms with Gasteiger partial charge in [-0.05, 0) is 42.9 Å². The zero-order chi connectivity index (χ0) is 21.0. The maximum Gasteiger partial charge on any atom is 0.255 e. The maximum absolute atomic E-state index is 13.4. The Morgan fingerprint density at radius 1 is 1.23 bits per heavy atom. The lowest BCUT2D eigenvalue weighted by molar-refractivity contribution is -0.136. The number of fused-ring (bicyclic) bond motifs is 1. The fraction of sp³-hybridized carbons (Fsp3) is 0.609. The number of benzene rings is 1. The summed E-state index contributed by atoms with van der Waals surface area (Å²) in [5, 5.41) is 6.01. The molecule has 1 aromatic carbocycles. The number of nitrogens with one attached hydrogen (secondary N) is 2. The Hall–Kier alpha value is -2.25. The summed E-state index contributed by atoms with van der Waals surface area (Å²) in [6.07, 6.45) is 3.07. The Labute approximate surface area is 177 Å². The molecule has 1 spiro atoms. The van der Waals surface area contributed by atoms with Crippen molar-refractivity contribution in [2.75, 3.05) is 13.1 Å². The highest BCUT2D eigenvalue weighted by Gasteiger charge is 2.54. The summed E-state index contributed by atoms with van der Waals surface area (Å²) in [6, 6.07) is 6.01. The molecule has 0 bridgehead atoms. The summed E-state index contributed by atoms with van der Waals surface area (Å²) in [5.74, 6) is -0.108. The van der Waals surface area contributed by atoms with Crippen molar-refractivity contribution < 1.29 is 14.4 Å². The van der Waals surface area contributed by atoms with Crippen molar-refractivity contribution in [1.82, 2.24) is 20.4 Å². The number of hydrogen-bond donors (Lipinski definition) is 2. The van der Waals surface area contributed by atoms with E-state index >= 15 is 0 Å². The fourth-order valence-corrected chi connectivity index (χ4v) is 6.08. The van der Waals surface area contributed by atoms with Gasteiger partial charge in [-0.3, -0.25) is 24.6 Å². The fourth-order valence-electron chi connectivity index (χ4n) is 6.08. The van der Waals surface area contributed by atoms with Crippen LogP contribution in [0.15, 0.2) is 18.2 Å². The Bertz CT molecular complexity index is 914. The summed E-state index contributed by atoms with van der Waals surface area (Å²) in [7, 11) is 0. The molecule has 3 unspecified atom stereocenters. The third-order valence-electron chi connectivity index (χ3n) is 7.54. The molecule has 3 amide bonds. The molecule has 4 aliphatic heterocycles. The van der Waals surface area contributed by atoms with Gasteiger partial charge in [0.15, 0.2) is 0 Å². The summed E-state index contributed by atoms with van der Waals surface area (Å²) >= 11 is 0. The van der Waals surface area contributed by atoms with Crippen LogP contribution in [-0.2, 0) is 22.7 Å². The summed E-state index contributed by atoms with van der Waals surface area (Å²) in [6.45, 7) is 7.83. The number of piperidine rings is 1. The van der Waals surface area contributed by atoms with Gasteiger partial charge in [0.2, 0.25) is 11.8 Å². The first-order valence-corrected chi connectivity index (χ1v) is 11.1. The number of likely N-dealkylation sites (tertiary alicyclic amines) is 1. The van der Waals surface area contributed by atoms with E-state index in [-0.39, 0.29) is 29.7 Å². The second-order valence-corrected chi connectivity index (χ2v) is 9.58. The monoisotopic (exact) mass is 410 g/mol. The van der Waals surface area contributed by atoms with E-state index in [1.807, 2.05) is 12.1 Å². The molecule has 0 aliphatic carbocycles. The van der Waals surface area contributed by atoms with Gasteiger partial charge in [0, 0.05) is 43.2 Å². The predicted octanol–water partition coefficient (Wildman–Crippen LogP) is 1.41. The first-order chi connectivity index (χ1) is 14.4. The largest absolute Gasteiger partial charge is 0.322 e. The zero-order valence-electron chi connectivity index (χ0n) is 17.7. The van der Waals surface area contributed by atoms with E-state index in [0.29, 0.717) is 24.9 Å². The number of carbonyl (C=O) groups is 3. The highest BCUT2D eigenvalue weighted by molar-refractivity contribution is 6.06. The molecular weight excluding hydrogens is 380 g/mol. The van der Waals surface area contributed by atoms with E-state index in [1.54, 1.807) is 4.90 Å². The predicted molar refractivity (Wildman–Crippen MR) is 111 cm³/mol. The van der Waals surface area contributed by atoms with Crippen molar-refractivity contribution in [2.24, 2.45) is 5.92 Å². The molecule has 3 saturated heterocycles. The molecule has 0 radical (unpaired) electrons. The first-order valence-electron chi connectivity index (χ1n) is 11.1. The number of hydrogen-bond acceptors (Lipinski definition) is 5. The van der Waals surface area contributed by atoms with E-state index in [4.69, 9.17) is 0 Å². The Morgan fingerprint density at radius 2 is 2.07 bits per heavy atom. The normalized spacial score (nSPS) is 31.4. The van der Waals surface area contributed by atoms with Gasteiger partial charge in [-0.2, -0.15) is 0 Å². The minimum absolute atomic E-state index is 0.0736. The molecule has 4 heterocycles. The molecule has 7 nitrogen and oxygen atoms in total. The van der Waals surface area contributed by atoms with Crippen LogP contribution >= 0.6 is 0 Å². The molecule has 160 valence electrons. The van der Waals surface area contributed by atoms with Gasteiger partial charge in [-0.1, -0.05) is 32.0 Å². The third-order valence-corrected chi connectivity index (χ3v) is 7.54. The van der Waals surface area contributed by atoms with Gasteiger partial charge in [-0.25, -0.2) is 0 Å². The lowest BCUT2D eigenvalue weighted by atomic mass is 9.74. The molecule has 0 saturated carbocycles. The van der Waals surface area contributed by atoms with E-state index in [9.17, 15) is 14.4 Å². The quantitative estimate of drug-likeness (QED) is 0.734. The Morgan fingerprint density at radius 3 is 2.77 bits per heavy atom. The maximum atomic E-state index is 13.4. The van der Waals surface area contributed by atoms with Gasteiger partial charge >= 0.3 is 0 Å². The van der Waals surface area contributed by atoms with Crippen LogP contribution in [0, 0.1) is 5.92 Å². The molecular formula is C23H30N4O3. The van der Waals surface area contributed by atoms with E-state index < -0.39 is 6.04 Å². The molecule has 3 atom stereocenters. The van der Waals surface area contributed by atoms with Crippen LogP contribution in [0.4, 0.5) is 0 Å². The van der Waals surface area contributed by atoms with Crippen molar-refractivity contribution >= 4 is 17.7 Å². The van der Waals surface area contributed by atoms with Crippen LogP contribution in [0.1, 0.15) is 61.0 Å². The van der Waals surface area contributed by atoms with Crippen LogP contribution in [0.3, 0.4) is 0 Å². The zero-order valence-corrected chi connectivity index (χ0v) is 17.7. The second kappa shape index (κ2) is 7.17. The van der Waals surface area contributed by atoms with Crippen LogP contribution in [0.5, 0.6) is 0 Å². The van der Waals surface area contributed by atoms with Gasteiger partial charge in [0.25, 0.3) is 5.91 Å². The van der Waals surface area contributed by atoms with Gasteiger partial charge in [0.05, 0.1) is 0 Å². The summed E-state index contributed by atoms with van der Waals surface area (Å²) in [5.41, 5.74) is 3.00. The lowest BCUT2D eigenvalue weighted by Gasteiger charge is -2.55. The molecule has 5 rings (SSSR count). The van der Waals surface area contributed by atoms with E-state index in [1.165, 1.54) is 12.8 Å². The summed E-state index contributed by atoms with van der Waals surface area (Å²) < 4.78 is 0. The van der Waals surface area contributed by atoms with Crippen molar-refractivity contribution in [3.63, 3.8) is 0 Å². The topological polar surface area (TPSA) is 81.8 Å². The smallest absolute Gasteiger partial charge is 0.255 e. The van der Waals surface area contributed by atoms with Crippen LogP contribution < -0.4 is 10.6 Å². The molecule has 1 aromatic rings. The minimum atomic E-state index is -0.560. The SMILES string of the molecule is CC(C)C1NCC12CCCN2Cc1cccc2c1C(=O)N(C1CCC(=O)NC1=O)C2.